The van der Waals surface area contributed by atoms with Gasteiger partial charge >= 0.3 is 0 Å². The average molecular weight is 628 g/mol. The van der Waals surface area contributed by atoms with Crippen molar-refractivity contribution in [3.63, 3.8) is 0 Å². The number of carbonyl (C=O) groups is 1. The number of aliphatic imine (C=N–C) groups is 1. The number of anilines is 2. The largest absolute Gasteiger partial charge is 0.493 e. The van der Waals surface area contributed by atoms with Crippen LogP contribution in [0.1, 0.15) is 24.0 Å². The molecule has 1 fully saturated rings. The fourth-order valence-electron chi connectivity index (χ4n) is 5.97. The number of rotatable bonds is 12. The molecule has 10 nitrogen and oxygen atoms in total. The number of carbonyl (C=O) groups excluding carboxylic acids is 1. The smallest absolute Gasteiger partial charge is 0.233 e. The molecule has 0 spiro atoms. The van der Waals surface area contributed by atoms with E-state index in [0.717, 1.165) is 66.6 Å². The fourth-order valence-corrected chi connectivity index (χ4v) is 5.97. The van der Waals surface area contributed by atoms with E-state index in [0.29, 0.717) is 36.6 Å². The van der Waals surface area contributed by atoms with Gasteiger partial charge in [-0.25, -0.2) is 0 Å². The molecule has 0 saturated carbocycles. The number of morpholine rings is 1. The Hall–Kier alpha value is -4.38. The van der Waals surface area contributed by atoms with Crippen LogP contribution in [0.5, 0.6) is 17.2 Å². The first-order valence-corrected chi connectivity index (χ1v) is 15.8. The molecule has 46 heavy (non-hydrogen) atoms. The van der Waals surface area contributed by atoms with Gasteiger partial charge in [-0.15, -0.1) is 0 Å². The first-order valence-electron chi connectivity index (χ1n) is 15.8. The van der Waals surface area contributed by atoms with Crippen LogP contribution in [-0.4, -0.2) is 83.2 Å². The van der Waals surface area contributed by atoms with Crippen molar-refractivity contribution in [2.75, 3.05) is 70.6 Å². The molecule has 242 valence electrons. The van der Waals surface area contributed by atoms with E-state index in [1.165, 1.54) is 12.8 Å². The van der Waals surface area contributed by atoms with E-state index in [4.69, 9.17) is 28.7 Å². The van der Waals surface area contributed by atoms with Gasteiger partial charge in [0.2, 0.25) is 5.91 Å². The van der Waals surface area contributed by atoms with Crippen LogP contribution in [0.3, 0.4) is 0 Å². The summed E-state index contributed by atoms with van der Waals surface area (Å²) in [5.41, 5.74) is 6.49. The number of aliphatic hydroxyl groups excluding tert-OH is 1. The number of methoxy groups -OCH3 is 2. The summed E-state index contributed by atoms with van der Waals surface area (Å²) in [6.45, 7) is 4.13. The highest BCUT2D eigenvalue weighted by molar-refractivity contribution is 6.19. The van der Waals surface area contributed by atoms with Crippen LogP contribution >= 0.6 is 0 Å². The Morgan fingerprint density at radius 3 is 2.61 bits per heavy atom. The van der Waals surface area contributed by atoms with Crippen LogP contribution in [-0.2, 0) is 20.7 Å². The minimum atomic E-state index is -0.733. The van der Waals surface area contributed by atoms with E-state index in [9.17, 15) is 9.90 Å². The topological polar surface area (TPSA) is 111 Å². The molecule has 6 rings (SSSR count). The van der Waals surface area contributed by atoms with Gasteiger partial charge in [0.25, 0.3) is 0 Å². The zero-order valence-corrected chi connectivity index (χ0v) is 26.4. The van der Waals surface area contributed by atoms with Crippen LogP contribution in [0.4, 0.5) is 17.1 Å². The molecule has 3 aromatic rings. The second-order valence-corrected chi connectivity index (χ2v) is 11.6. The minimum absolute atomic E-state index is 0.0440. The second kappa shape index (κ2) is 14.8. The maximum atomic E-state index is 13.3. The molecule has 2 aliphatic heterocycles. The highest BCUT2D eigenvalue weighted by Gasteiger charge is 2.31. The number of hydrogen-bond donors (Lipinski definition) is 2. The Bertz CT molecular complexity index is 1580. The molecule has 1 amide bonds. The average Bonchev–Trinajstić information content (AvgIpc) is 3.22. The van der Waals surface area contributed by atoms with Gasteiger partial charge in [-0.3, -0.25) is 9.79 Å². The molecule has 3 aromatic carbocycles. The molecule has 1 saturated heterocycles. The fraction of sp³-hybridized carbons (Fsp3) is 0.389. The number of aliphatic hydroxyl groups is 1. The number of nitrogens with one attached hydrogen (secondary N) is 1. The van der Waals surface area contributed by atoms with Crippen molar-refractivity contribution >= 4 is 34.3 Å². The molecule has 0 radical (unpaired) electrons. The summed E-state index contributed by atoms with van der Waals surface area (Å²) in [4.78, 5) is 20.6. The zero-order valence-electron chi connectivity index (χ0n) is 26.4. The Morgan fingerprint density at radius 1 is 1.00 bits per heavy atom. The normalized spacial score (nSPS) is 18.3. The molecular formula is C36H41N3O7. The molecular weight excluding hydrogens is 586 g/mol. The highest BCUT2D eigenvalue weighted by Crippen LogP contribution is 2.38. The summed E-state index contributed by atoms with van der Waals surface area (Å²) >= 11 is 0. The molecule has 0 bridgehead atoms. The third-order valence-corrected chi connectivity index (χ3v) is 8.46. The van der Waals surface area contributed by atoms with Crippen LogP contribution < -0.4 is 24.4 Å². The summed E-state index contributed by atoms with van der Waals surface area (Å²) in [7, 11) is 3.12. The predicted molar refractivity (Wildman–Crippen MR) is 178 cm³/mol. The Morgan fingerprint density at radius 2 is 1.83 bits per heavy atom. The standard InChI is InChI=1S/C36H41N3O7/c1-42-22-28(40)23-46-34-12-5-26(21-35(34)43-2)25-4-10-30-32(20-25)37-31-11-3-24(19-33(31)38-36(30)41)13-16-45-29-8-6-27(7-9-29)39-14-17-44-18-15-39/h3,5-9,11-12,19-21,28,30,40H,4,10,13-18,22-23H2,1-2H3,(H,38,41). The van der Waals surface area contributed by atoms with Crippen molar-refractivity contribution in [1.82, 2.24) is 0 Å². The lowest BCUT2D eigenvalue weighted by atomic mass is 9.84. The number of nitrogens with zero attached hydrogens (tertiary/aromatic N) is 2. The van der Waals surface area contributed by atoms with Crippen molar-refractivity contribution in [3.05, 3.63) is 77.9 Å². The molecule has 1 aliphatic carbocycles. The first-order chi connectivity index (χ1) is 22.5. The number of allylic oxidation sites excluding steroid dienone is 2. The maximum Gasteiger partial charge on any atom is 0.233 e. The predicted octanol–water partition coefficient (Wildman–Crippen LogP) is 5.06. The van der Waals surface area contributed by atoms with Crippen LogP contribution in [0.15, 0.2) is 71.7 Å². The Labute approximate surface area is 269 Å². The number of benzene rings is 3. The SMILES string of the molecule is COCC(O)COc1ccc(C2=CC3=Nc4ccc(CCOc5ccc(N6CCOCC6)cc5)cc4NC(=O)C3CC2)cc1OC. The van der Waals surface area contributed by atoms with Crippen molar-refractivity contribution < 1.29 is 33.6 Å². The first kappa shape index (κ1) is 31.6. The number of ether oxygens (including phenoxy) is 5. The summed E-state index contributed by atoms with van der Waals surface area (Å²) in [6, 6.07) is 19.9. The van der Waals surface area contributed by atoms with E-state index in [2.05, 4.69) is 22.3 Å². The lowest BCUT2D eigenvalue weighted by molar-refractivity contribution is -0.118. The van der Waals surface area contributed by atoms with Crippen LogP contribution in [0, 0.1) is 5.92 Å². The van der Waals surface area contributed by atoms with Gasteiger partial charge in [-0.2, -0.15) is 0 Å². The van der Waals surface area contributed by atoms with Gasteiger partial charge in [0.1, 0.15) is 18.5 Å². The van der Waals surface area contributed by atoms with Crippen molar-refractivity contribution in [3.8, 4) is 17.2 Å². The number of amides is 1. The van der Waals surface area contributed by atoms with Gasteiger partial charge < -0.3 is 39.0 Å². The van der Waals surface area contributed by atoms with E-state index < -0.39 is 6.10 Å². The third kappa shape index (κ3) is 7.52. The van der Waals surface area contributed by atoms with E-state index in [1.54, 1.807) is 7.11 Å². The summed E-state index contributed by atoms with van der Waals surface area (Å²) in [6.07, 6.45) is 3.36. The van der Waals surface area contributed by atoms with E-state index in [1.807, 2.05) is 54.6 Å². The van der Waals surface area contributed by atoms with Gasteiger partial charge in [-0.05, 0) is 84.1 Å². The van der Waals surface area contributed by atoms with Crippen molar-refractivity contribution in [1.29, 1.82) is 0 Å². The van der Waals surface area contributed by atoms with Gasteiger partial charge in [0.05, 0.1) is 56.5 Å². The van der Waals surface area contributed by atoms with Crippen LogP contribution in [0.2, 0.25) is 0 Å². The molecule has 2 N–H and O–H groups in total. The lowest BCUT2D eigenvalue weighted by Gasteiger charge is -2.28. The molecule has 2 heterocycles. The minimum Gasteiger partial charge on any atom is -0.493 e. The number of fused-ring (bicyclic) bond motifs is 2. The van der Waals surface area contributed by atoms with Crippen molar-refractivity contribution in [2.45, 2.75) is 25.4 Å². The second-order valence-electron chi connectivity index (χ2n) is 11.6. The van der Waals surface area contributed by atoms with Gasteiger partial charge in [-0.1, -0.05) is 12.1 Å². The molecule has 3 aliphatic rings. The summed E-state index contributed by atoms with van der Waals surface area (Å²) in [5, 5.41) is 13.1. The van der Waals surface area contributed by atoms with E-state index >= 15 is 0 Å². The highest BCUT2D eigenvalue weighted by atomic mass is 16.5. The molecule has 10 heteroatoms. The quantitative estimate of drug-likeness (QED) is 0.287. The molecule has 2 atom stereocenters. The summed E-state index contributed by atoms with van der Waals surface area (Å²) < 4.78 is 27.8. The zero-order chi connectivity index (χ0) is 31.9. The van der Waals surface area contributed by atoms with Gasteiger partial charge in [0.15, 0.2) is 11.5 Å². The van der Waals surface area contributed by atoms with Gasteiger partial charge in [0, 0.05) is 32.3 Å². The monoisotopic (exact) mass is 627 g/mol. The van der Waals surface area contributed by atoms with Crippen LogP contribution in [0.25, 0.3) is 5.57 Å². The lowest BCUT2D eigenvalue weighted by Crippen LogP contribution is -2.36. The Kier molecular flexibility index (Phi) is 10.2. The van der Waals surface area contributed by atoms with E-state index in [-0.39, 0.29) is 25.0 Å². The van der Waals surface area contributed by atoms with Crippen molar-refractivity contribution in [2.24, 2.45) is 10.9 Å². The molecule has 2 unspecified atom stereocenters. The maximum absolute atomic E-state index is 13.3. The Balaban J connectivity index is 1.11. The summed E-state index contributed by atoms with van der Waals surface area (Å²) in [5.74, 6) is 1.57. The number of hydrogen-bond acceptors (Lipinski definition) is 9. The molecule has 0 aromatic heterocycles. The third-order valence-electron chi connectivity index (χ3n) is 8.46.